The molecule has 6 heteroatoms. The second kappa shape index (κ2) is 9.46. The number of benzene rings is 1. The molecule has 1 N–H and O–H groups in total. The zero-order valence-electron chi connectivity index (χ0n) is 13.2. The summed E-state index contributed by atoms with van der Waals surface area (Å²) in [5, 5.41) is 3.30. The Morgan fingerprint density at radius 2 is 2.09 bits per heavy atom. The average molecular weight is 324 g/mol. The van der Waals surface area contributed by atoms with Crippen molar-refractivity contribution >= 4 is 10.0 Å². The Morgan fingerprint density at radius 3 is 2.73 bits per heavy atom. The number of para-hydroxylation sites is 1. The molecule has 0 aliphatic rings. The summed E-state index contributed by atoms with van der Waals surface area (Å²) < 4.78 is 29.9. The number of terminal acetylenes is 1. The number of nitrogens with zero attached hydrogens (tertiary/aromatic N) is 1. The molecule has 0 fully saturated rings. The van der Waals surface area contributed by atoms with E-state index >= 15 is 0 Å². The highest BCUT2D eigenvalue weighted by Crippen LogP contribution is 2.17. The Labute approximate surface area is 133 Å². The molecule has 1 aromatic carbocycles. The molecular weight excluding hydrogens is 300 g/mol. The molecule has 0 radical (unpaired) electrons. The first-order valence-electron chi connectivity index (χ1n) is 7.29. The van der Waals surface area contributed by atoms with Gasteiger partial charge in [0, 0.05) is 25.2 Å². The lowest BCUT2D eigenvalue weighted by Crippen LogP contribution is -2.32. The zero-order valence-corrected chi connectivity index (χ0v) is 14.0. The summed E-state index contributed by atoms with van der Waals surface area (Å²) in [4.78, 5) is 0. The van der Waals surface area contributed by atoms with Crippen molar-refractivity contribution in [3.63, 3.8) is 0 Å². The molecule has 0 aromatic heterocycles. The third-order valence-corrected chi connectivity index (χ3v) is 4.56. The van der Waals surface area contributed by atoms with E-state index in [4.69, 9.17) is 11.2 Å². The molecule has 0 spiro atoms. The van der Waals surface area contributed by atoms with E-state index < -0.39 is 10.0 Å². The number of hydrogen-bond donors (Lipinski definition) is 1. The Bertz CT molecular complexity index is 594. The van der Waals surface area contributed by atoms with Crippen LogP contribution in [0.15, 0.2) is 24.3 Å². The lowest BCUT2D eigenvalue weighted by molar-refractivity contribution is 0.364. The minimum Gasteiger partial charge on any atom is -0.481 e. The van der Waals surface area contributed by atoms with Crippen molar-refractivity contribution in [3.8, 4) is 18.1 Å². The summed E-state index contributed by atoms with van der Waals surface area (Å²) in [6.45, 7) is 4.50. The van der Waals surface area contributed by atoms with Gasteiger partial charge >= 0.3 is 0 Å². The highest BCUT2D eigenvalue weighted by Gasteiger charge is 2.13. The second-order valence-electron chi connectivity index (χ2n) is 4.89. The Hall–Kier alpha value is -1.55. The third kappa shape index (κ3) is 6.48. The van der Waals surface area contributed by atoms with E-state index in [1.807, 2.05) is 31.2 Å². The lowest BCUT2D eigenvalue weighted by Gasteiger charge is -2.17. The molecule has 0 aliphatic heterocycles. The summed E-state index contributed by atoms with van der Waals surface area (Å²) in [6, 6.07) is 7.72. The predicted octanol–water partition coefficient (Wildman–Crippen LogP) is 1.46. The maximum atomic E-state index is 11.5. The van der Waals surface area contributed by atoms with Crippen LogP contribution in [0.4, 0.5) is 0 Å². The van der Waals surface area contributed by atoms with Gasteiger partial charge in [0.2, 0.25) is 10.0 Å². The van der Waals surface area contributed by atoms with Crippen LogP contribution in [0.25, 0.3) is 0 Å². The molecule has 0 bridgehead atoms. The SMILES string of the molecule is C#CCOc1ccccc1CNCCCN(CC)S(C)(=O)=O. The van der Waals surface area contributed by atoms with Crippen LogP contribution in [0.1, 0.15) is 18.9 Å². The molecule has 1 aromatic rings. The Kier molecular flexibility index (Phi) is 7.96. The van der Waals surface area contributed by atoms with Crippen LogP contribution >= 0.6 is 0 Å². The molecule has 22 heavy (non-hydrogen) atoms. The molecule has 0 unspecified atom stereocenters. The van der Waals surface area contributed by atoms with Crippen LogP contribution in [0, 0.1) is 12.3 Å². The molecule has 0 amide bonds. The van der Waals surface area contributed by atoms with E-state index in [1.54, 1.807) is 0 Å². The van der Waals surface area contributed by atoms with E-state index in [0.29, 0.717) is 19.6 Å². The van der Waals surface area contributed by atoms with E-state index in [1.165, 1.54) is 10.6 Å². The molecule has 0 atom stereocenters. The standard InChI is InChI=1S/C16H24N2O3S/c1-4-13-21-16-10-7-6-9-15(16)14-17-11-8-12-18(5-2)22(3,19)20/h1,6-7,9-10,17H,5,8,11-14H2,2-3H3. The smallest absolute Gasteiger partial charge is 0.211 e. The van der Waals surface area contributed by atoms with Gasteiger partial charge in [-0.2, -0.15) is 0 Å². The van der Waals surface area contributed by atoms with Crippen molar-refractivity contribution in [2.24, 2.45) is 0 Å². The summed E-state index contributed by atoms with van der Waals surface area (Å²) in [6.07, 6.45) is 7.20. The van der Waals surface area contributed by atoms with E-state index in [2.05, 4.69) is 11.2 Å². The molecule has 1 rings (SSSR count). The number of sulfonamides is 1. The van der Waals surface area contributed by atoms with Crippen LogP contribution in [-0.4, -0.2) is 45.2 Å². The maximum Gasteiger partial charge on any atom is 0.211 e. The second-order valence-corrected chi connectivity index (χ2v) is 6.87. The summed E-state index contributed by atoms with van der Waals surface area (Å²) in [5.74, 6) is 3.22. The summed E-state index contributed by atoms with van der Waals surface area (Å²) >= 11 is 0. The van der Waals surface area contributed by atoms with Gasteiger partial charge in [-0.1, -0.05) is 31.0 Å². The fraction of sp³-hybridized carbons (Fsp3) is 0.500. The highest BCUT2D eigenvalue weighted by molar-refractivity contribution is 7.88. The van der Waals surface area contributed by atoms with Crippen molar-refractivity contribution in [3.05, 3.63) is 29.8 Å². The van der Waals surface area contributed by atoms with Crippen LogP contribution < -0.4 is 10.1 Å². The summed E-state index contributed by atoms with van der Waals surface area (Å²) in [5.41, 5.74) is 1.04. The fourth-order valence-corrected chi connectivity index (χ4v) is 3.00. The number of rotatable bonds is 10. The van der Waals surface area contributed by atoms with E-state index in [0.717, 1.165) is 24.3 Å². The molecule has 0 heterocycles. The quantitative estimate of drug-likeness (QED) is 0.523. The monoisotopic (exact) mass is 324 g/mol. The molecule has 122 valence electrons. The fourth-order valence-electron chi connectivity index (χ4n) is 2.07. The van der Waals surface area contributed by atoms with Crippen LogP contribution in [-0.2, 0) is 16.6 Å². The van der Waals surface area contributed by atoms with Crippen molar-refractivity contribution in [2.45, 2.75) is 19.9 Å². The summed E-state index contributed by atoms with van der Waals surface area (Å²) in [7, 11) is -3.10. The molecule has 0 saturated heterocycles. The van der Waals surface area contributed by atoms with Crippen molar-refractivity contribution in [2.75, 3.05) is 32.5 Å². The molecule has 5 nitrogen and oxygen atoms in total. The zero-order chi connectivity index (χ0) is 16.4. The molecule has 0 aliphatic carbocycles. The van der Waals surface area contributed by atoms with Crippen molar-refractivity contribution < 1.29 is 13.2 Å². The van der Waals surface area contributed by atoms with Crippen LogP contribution in [0.2, 0.25) is 0 Å². The maximum absolute atomic E-state index is 11.5. The number of ether oxygens (including phenoxy) is 1. The van der Waals surface area contributed by atoms with Gasteiger partial charge in [0.05, 0.1) is 6.26 Å². The third-order valence-electron chi connectivity index (χ3n) is 3.18. The van der Waals surface area contributed by atoms with Gasteiger partial charge in [0.25, 0.3) is 0 Å². The van der Waals surface area contributed by atoms with Crippen LogP contribution in [0.3, 0.4) is 0 Å². The Balaban J connectivity index is 2.38. The van der Waals surface area contributed by atoms with Gasteiger partial charge in [-0.3, -0.25) is 0 Å². The Morgan fingerprint density at radius 1 is 1.36 bits per heavy atom. The minimum absolute atomic E-state index is 0.247. The molecule has 0 saturated carbocycles. The largest absolute Gasteiger partial charge is 0.481 e. The van der Waals surface area contributed by atoms with Gasteiger partial charge in [-0.15, -0.1) is 6.42 Å². The number of nitrogens with one attached hydrogen (secondary N) is 1. The average Bonchev–Trinajstić information content (AvgIpc) is 2.48. The van der Waals surface area contributed by atoms with Crippen molar-refractivity contribution in [1.29, 1.82) is 0 Å². The first-order valence-corrected chi connectivity index (χ1v) is 9.14. The van der Waals surface area contributed by atoms with Gasteiger partial charge in [-0.25, -0.2) is 12.7 Å². The predicted molar refractivity (Wildman–Crippen MR) is 89.2 cm³/mol. The first kappa shape index (κ1) is 18.5. The number of hydrogen-bond acceptors (Lipinski definition) is 4. The van der Waals surface area contributed by atoms with Gasteiger partial charge < -0.3 is 10.1 Å². The van der Waals surface area contributed by atoms with Gasteiger partial charge in [0.1, 0.15) is 12.4 Å². The van der Waals surface area contributed by atoms with E-state index in [9.17, 15) is 8.42 Å². The first-order chi connectivity index (χ1) is 10.5. The highest BCUT2D eigenvalue weighted by atomic mass is 32.2. The van der Waals surface area contributed by atoms with Gasteiger partial charge in [-0.05, 0) is 19.0 Å². The normalized spacial score (nSPS) is 11.4. The van der Waals surface area contributed by atoms with Gasteiger partial charge in [0.15, 0.2) is 0 Å². The minimum atomic E-state index is -3.10. The van der Waals surface area contributed by atoms with Crippen molar-refractivity contribution in [1.82, 2.24) is 9.62 Å². The van der Waals surface area contributed by atoms with E-state index in [-0.39, 0.29) is 6.61 Å². The van der Waals surface area contributed by atoms with Crippen LogP contribution in [0.5, 0.6) is 5.75 Å². The lowest BCUT2D eigenvalue weighted by atomic mass is 10.2. The molecular formula is C16H24N2O3S. The topological polar surface area (TPSA) is 58.6 Å².